The lowest BCUT2D eigenvalue weighted by molar-refractivity contribution is 0.196. The van der Waals surface area contributed by atoms with E-state index in [1.807, 2.05) is 16.8 Å². The van der Waals surface area contributed by atoms with Gasteiger partial charge in [-0.25, -0.2) is 4.68 Å². The molecule has 1 aromatic carbocycles. The molecule has 1 heterocycles. The largest absolute Gasteiger partial charge is 0.383 e. The fraction of sp³-hybridized carbons (Fsp3) is 0.500. The van der Waals surface area contributed by atoms with Gasteiger partial charge in [-0.2, -0.15) is 0 Å². The van der Waals surface area contributed by atoms with E-state index in [0.717, 1.165) is 12.4 Å². The first-order chi connectivity index (χ1) is 9.72. The van der Waals surface area contributed by atoms with E-state index in [4.69, 9.17) is 4.74 Å². The minimum absolute atomic E-state index is 0.0872. The molecule has 0 saturated carbocycles. The number of ether oxygens (including phenoxy) is 1. The number of tetrazole rings is 1. The number of nitrogens with zero attached hydrogens (tertiary/aromatic N) is 4. The predicted molar refractivity (Wildman–Crippen MR) is 76.4 cm³/mol. The number of nitrogens with one attached hydrogen (secondary N) is 1. The maximum Gasteiger partial charge on any atom is 0.168 e. The van der Waals surface area contributed by atoms with Crippen molar-refractivity contribution in [3.05, 3.63) is 41.2 Å². The van der Waals surface area contributed by atoms with Crippen molar-refractivity contribution in [1.82, 2.24) is 25.5 Å². The number of methoxy groups -OCH3 is 1. The van der Waals surface area contributed by atoms with Crippen molar-refractivity contribution in [2.75, 3.05) is 20.3 Å². The molecule has 1 unspecified atom stereocenters. The summed E-state index contributed by atoms with van der Waals surface area (Å²) >= 11 is 0. The van der Waals surface area contributed by atoms with Gasteiger partial charge in [-0.15, -0.1) is 5.10 Å². The Bertz CT molecular complexity index is 540. The van der Waals surface area contributed by atoms with Gasteiger partial charge in [-0.05, 0) is 35.4 Å². The third-order valence-electron chi connectivity index (χ3n) is 3.28. The van der Waals surface area contributed by atoms with Crippen LogP contribution in [0.2, 0.25) is 0 Å². The zero-order valence-corrected chi connectivity index (χ0v) is 12.2. The average Bonchev–Trinajstić information content (AvgIpc) is 2.90. The normalized spacial score (nSPS) is 12.6. The molecule has 1 N–H and O–H groups in total. The molecule has 6 heteroatoms. The topological polar surface area (TPSA) is 64.9 Å². The summed E-state index contributed by atoms with van der Waals surface area (Å²) in [5.74, 6) is 0.837. The third kappa shape index (κ3) is 3.61. The van der Waals surface area contributed by atoms with Crippen molar-refractivity contribution in [3.63, 3.8) is 0 Å². The summed E-state index contributed by atoms with van der Waals surface area (Å²) in [5, 5.41) is 15.3. The standard InChI is InChI=1S/C14H21N5O/c1-11-6-4-5-7-13(11)10-19-14(16-17-18-19)12(2)15-8-9-20-3/h4-7,12,15H,8-10H2,1-3H3. The van der Waals surface area contributed by atoms with Gasteiger partial charge in [-0.3, -0.25) is 0 Å². The van der Waals surface area contributed by atoms with E-state index in [2.05, 4.69) is 46.8 Å². The van der Waals surface area contributed by atoms with E-state index in [9.17, 15) is 0 Å². The van der Waals surface area contributed by atoms with Gasteiger partial charge in [0.25, 0.3) is 0 Å². The van der Waals surface area contributed by atoms with E-state index in [-0.39, 0.29) is 6.04 Å². The van der Waals surface area contributed by atoms with Gasteiger partial charge in [0.1, 0.15) is 0 Å². The van der Waals surface area contributed by atoms with Crippen LogP contribution in [0.1, 0.15) is 29.9 Å². The summed E-state index contributed by atoms with van der Waals surface area (Å²) < 4.78 is 6.87. The molecular formula is C14H21N5O. The molecule has 1 aromatic heterocycles. The van der Waals surface area contributed by atoms with Crippen LogP contribution < -0.4 is 5.32 Å². The Morgan fingerprint density at radius 2 is 2.15 bits per heavy atom. The highest BCUT2D eigenvalue weighted by Gasteiger charge is 2.14. The highest BCUT2D eigenvalue weighted by molar-refractivity contribution is 5.25. The van der Waals surface area contributed by atoms with Crippen LogP contribution in [0.5, 0.6) is 0 Å². The summed E-state index contributed by atoms with van der Waals surface area (Å²) in [5.41, 5.74) is 2.47. The number of aromatic nitrogens is 4. The number of hydrogen-bond acceptors (Lipinski definition) is 5. The van der Waals surface area contributed by atoms with E-state index in [1.54, 1.807) is 7.11 Å². The molecule has 2 rings (SSSR count). The van der Waals surface area contributed by atoms with Crippen molar-refractivity contribution >= 4 is 0 Å². The molecular weight excluding hydrogens is 254 g/mol. The van der Waals surface area contributed by atoms with Crippen LogP contribution in [0.25, 0.3) is 0 Å². The maximum absolute atomic E-state index is 5.03. The Morgan fingerprint density at radius 1 is 1.35 bits per heavy atom. The first-order valence-corrected chi connectivity index (χ1v) is 6.75. The van der Waals surface area contributed by atoms with Crippen LogP contribution in [0, 0.1) is 6.92 Å². The second-order valence-corrected chi connectivity index (χ2v) is 4.79. The van der Waals surface area contributed by atoms with Crippen molar-refractivity contribution in [2.45, 2.75) is 26.4 Å². The number of benzene rings is 1. The molecule has 0 fully saturated rings. The van der Waals surface area contributed by atoms with Crippen LogP contribution in [0.15, 0.2) is 24.3 Å². The van der Waals surface area contributed by atoms with Gasteiger partial charge >= 0.3 is 0 Å². The maximum atomic E-state index is 5.03. The second-order valence-electron chi connectivity index (χ2n) is 4.79. The van der Waals surface area contributed by atoms with Crippen molar-refractivity contribution in [1.29, 1.82) is 0 Å². The average molecular weight is 275 g/mol. The first-order valence-electron chi connectivity index (χ1n) is 6.75. The minimum Gasteiger partial charge on any atom is -0.383 e. The van der Waals surface area contributed by atoms with Gasteiger partial charge in [-0.1, -0.05) is 24.3 Å². The molecule has 20 heavy (non-hydrogen) atoms. The Kier molecular flexibility index (Phi) is 5.20. The predicted octanol–water partition coefficient (Wildman–Crippen LogP) is 1.33. The Hall–Kier alpha value is -1.79. The quantitative estimate of drug-likeness (QED) is 0.772. The van der Waals surface area contributed by atoms with Crippen molar-refractivity contribution in [2.24, 2.45) is 0 Å². The van der Waals surface area contributed by atoms with Crippen LogP contribution in [-0.2, 0) is 11.3 Å². The molecule has 0 spiro atoms. The molecule has 0 aliphatic heterocycles. The second kappa shape index (κ2) is 7.12. The van der Waals surface area contributed by atoms with E-state index >= 15 is 0 Å². The molecule has 108 valence electrons. The summed E-state index contributed by atoms with van der Waals surface area (Å²) in [4.78, 5) is 0. The van der Waals surface area contributed by atoms with Gasteiger partial charge in [0, 0.05) is 13.7 Å². The van der Waals surface area contributed by atoms with E-state index in [0.29, 0.717) is 13.2 Å². The highest BCUT2D eigenvalue weighted by Crippen LogP contribution is 2.12. The zero-order valence-electron chi connectivity index (χ0n) is 12.2. The van der Waals surface area contributed by atoms with Gasteiger partial charge in [0.2, 0.25) is 0 Å². The van der Waals surface area contributed by atoms with Crippen LogP contribution in [0.3, 0.4) is 0 Å². The van der Waals surface area contributed by atoms with Crippen molar-refractivity contribution in [3.8, 4) is 0 Å². The lowest BCUT2D eigenvalue weighted by atomic mass is 10.1. The number of hydrogen-bond donors (Lipinski definition) is 1. The molecule has 0 saturated heterocycles. The van der Waals surface area contributed by atoms with Gasteiger partial charge in [0.15, 0.2) is 5.82 Å². The van der Waals surface area contributed by atoms with Gasteiger partial charge < -0.3 is 10.1 Å². The molecule has 2 aromatic rings. The number of rotatable bonds is 7. The van der Waals surface area contributed by atoms with Crippen molar-refractivity contribution < 1.29 is 4.74 Å². The first kappa shape index (κ1) is 14.6. The lowest BCUT2D eigenvalue weighted by Crippen LogP contribution is -2.26. The van der Waals surface area contributed by atoms with Crippen LogP contribution in [-0.4, -0.2) is 40.5 Å². The molecule has 0 amide bonds. The number of aryl methyl sites for hydroxylation is 1. The summed E-state index contributed by atoms with van der Waals surface area (Å²) in [6, 6.07) is 8.36. The van der Waals surface area contributed by atoms with Crippen LogP contribution in [0.4, 0.5) is 0 Å². The highest BCUT2D eigenvalue weighted by atomic mass is 16.5. The molecule has 0 aliphatic rings. The Balaban J connectivity index is 2.07. The van der Waals surface area contributed by atoms with E-state index in [1.165, 1.54) is 11.1 Å². The summed E-state index contributed by atoms with van der Waals surface area (Å²) in [6.45, 7) is 6.28. The monoisotopic (exact) mass is 275 g/mol. The smallest absolute Gasteiger partial charge is 0.168 e. The summed E-state index contributed by atoms with van der Waals surface area (Å²) in [6.07, 6.45) is 0. The molecule has 0 aliphatic carbocycles. The fourth-order valence-electron chi connectivity index (χ4n) is 2.05. The molecule has 1 atom stereocenters. The minimum atomic E-state index is 0.0872. The third-order valence-corrected chi connectivity index (χ3v) is 3.28. The zero-order chi connectivity index (χ0) is 14.4. The van der Waals surface area contributed by atoms with E-state index < -0.39 is 0 Å². The Morgan fingerprint density at radius 3 is 2.90 bits per heavy atom. The fourth-order valence-corrected chi connectivity index (χ4v) is 2.05. The molecule has 0 radical (unpaired) electrons. The Labute approximate surface area is 119 Å². The SMILES string of the molecule is COCCNC(C)c1nnnn1Cc1ccccc1C. The summed E-state index contributed by atoms with van der Waals surface area (Å²) in [7, 11) is 1.69. The lowest BCUT2D eigenvalue weighted by Gasteiger charge is -2.14. The molecule has 0 bridgehead atoms. The van der Waals surface area contributed by atoms with Crippen LogP contribution >= 0.6 is 0 Å². The van der Waals surface area contributed by atoms with Gasteiger partial charge in [0.05, 0.1) is 19.2 Å². The molecule has 6 nitrogen and oxygen atoms in total.